The molecule has 0 radical (unpaired) electrons. The van der Waals surface area contributed by atoms with Crippen LogP contribution in [0.1, 0.15) is 22.8 Å². The number of rotatable bonds is 9. The van der Waals surface area contributed by atoms with Gasteiger partial charge in [0.25, 0.3) is 0 Å². The average molecular weight is 522 g/mol. The number of esters is 1. The SMILES string of the molecule is COc1cccc(C(=O)Oc2ccc(C(C)=NNC(=O)C(=O)Nc3cc(OC)ccc3OC)cc2OC)c1. The number of nitrogens with zero attached hydrogens (tertiary/aromatic N) is 1. The van der Waals surface area contributed by atoms with Gasteiger partial charge in [-0.3, -0.25) is 9.59 Å². The number of carbonyl (C=O) groups excluding carboxylic acids is 3. The van der Waals surface area contributed by atoms with Gasteiger partial charge in [0.15, 0.2) is 11.5 Å². The molecular weight excluding hydrogens is 494 g/mol. The minimum absolute atomic E-state index is 0.188. The Balaban J connectivity index is 1.68. The van der Waals surface area contributed by atoms with Gasteiger partial charge in [0, 0.05) is 11.6 Å². The van der Waals surface area contributed by atoms with E-state index in [1.807, 2.05) is 0 Å². The van der Waals surface area contributed by atoms with Gasteiger partial charge in [-0.1, -0.05) is 6.07 Å². The van der Waals surface area contributed by atoms with E-state index in [1.165, 1.54) is 40.6 Å². The van der Waals surface area contributed by atoms with Crippen LogP contribution in [0.4, 0.5) is 5.69 Å². The lowest BCUT2D eigenvalue weighted by Gasteiger charge is -2.12. The largest absolute Gasteiger partial charge is 0.497 e. The Labute approximate surface area is 219 Å². The molecule has 0 unspecified atom stereocenters. The smallest absolute Gasteiger partial charge is 0.343 e. The predicted octanol–water partition coefficient (Wildman–Crippen LogP) is 3.42. The quantitative estimate of drug-likeness (QED) is 0.144. The summed E-state index contributed by atoms with van der Waals surface area (Å²) < 4.78 is 26.3. The molecule has 11 heteroatoms. The van der Waals surface area contributed by atoms with Crippen LogP contribution < -0.4 is 34.4 Å². The number of anilines is 1. The molecule has 2 amide bonds. The van der Waals surface area contributed by atoms with E-state index < -0.39 is 17.8 Å². The molecule has 3 aromatic rings. The Kier molecular flexibility index (Phi) is 9.25. The van der Waals surface area contributed by atoms with Crippen molar-refractivity contribution < 1.29 is 38.1 Å². The van der Waals surface area contributed by atoms with Crippen LogP contribution in [0.15, 0.2) is 65.8 Å². The van der Waals surface area contributed by atoms with Crippen LogP contribution in [0.25, 0.3) is 0 Å². The zero-order valence-corrected chi connectivity index (χ0v) is 21.5. The topological polar surface area (TPSA) is 134 Å². The first-order valence-electron chi connectivity index (χ1n) is 11.2. The van der Waals surface area contributed by atoms with Crippen molar-refractivity contribution >= 4 is 29.2 Å². The molecule has 198 valence electrons. The first kappa shape index (κ1) is 27.5. The van der Waals surface area contributed by atoms with Gasteiger partial charge in [0.1, 0.15) is 17.2 Å². The number of ether oxygens (including phenoxy) is 5. The molecule has 38 heavy (non-hydrogen) atoms. The van der Waals surface area contributed by atoms with Gasteiger partial charge in [0.2, 0.25) is 0 Å². The van der Waals surface area contributed by atoms with Crippen molar-refractivity contribution in [2.45, 2.75) is 6.92 Å². The van der Waals surface area contributed by atoms with E-state index in [2.05, 4.69) is 15.8 Å². The number of hydrogen-bond acceptors (Lipinski definition) is 9. The summed E-state index contributed by atoms with van der Waals surface area (Å²) in [6.07, 6.45) is 0. The highest BCUT2D eigenvalue weighted by molar-refractivity contribution is 6.39. The molecule has 0 bridgehead atoms. The molecule has 3 aromatic carbocycles. The van der Waals surface area contributed by atoms with Crippen molar-refractivity contribution in [2.24, 2.45) is 5.10 Å². The third-order valence-electron chi connectivity index (χ3n) is 5.28. The number of nitrogens with one attached hydrogen (secondary N) is 2. The van der Waals surface area contributed by atoms with E-state index in [0.717, 1.165) is 0 Å². The van der Waals surface area contributed by atoms with E-state index in [4.69, 9.17) is 23.7 Å². The monoisotopic (exact) mass is 521 g/mol. The van der Waals surface area contributed by atoms with Gasteiger partial charge in [-0.05, 0) is 55.5 Å². The molecule has 0 heterocycles. The summed E-state index contributed by atoms with van der Waals surface area (Å²) >= 11 is 0. The van der Waals surface area contributed by atoms with Crippen molar-refractivity contribution in [1.29, 1.82) is 0 Å². The fraction of sp³-hybridized carbons (Fsp3) is 0.185. The van der Waals surface area contributed by atoms with Crippen LogP contribution in [0, 0.1) is 0 Å². The molecule has 3 rings (SSSR count). The fourth-order valence-electron chi connectivity index (χ4n) is 3.23. The van der Waals surface area contributed by atoms with Gasteiger partial charge in [0.05, 0.1) is 45.4 Å². The Morgan fingerprint density at radius 1 is 0.684 bits per heavy atom. The normalized spacial score (nSPS) is 10.7. The lowest BCUT2D eigenvalue weighted by Crippen LogP contribution is -2.33. The van der Waals surface area contributed by atoms with E-state index >= 15 is 0 Å². The average Bonchev–Trinajstić information content (AvgIpc) is 2.95. The van der Waals surface area contributed by atoms with Gasteiger partial charge in [-0.2, -0.15) is 5.10 Å². The van der Waals surface area contributed by atoms with Crippen LogP contribution in [0.3, 0.4) is 0 Å². The highest BCUT2D eigenvalue weighted by Crippen LogP contribution is 2.30. The predicted molar refractivity (Wildman–Crippen MR) is 139 cm³/mol. The van der Waals surface area contributed by atoms with Crippen molar-refractivity contribution in [3.8, 4) is 28.7 Å². The number of hydrazone groups is 1. The number of amides is 2. The molecular formula is C27H27N3O8. The van der Waals surface area contributed by atoms with Crippen LogP contribution >= 0.6 is 0 Å². The number of methoxy groups -OCH3 is 4. The van der Waals surface area contributed by atoms with E-state index in [1.54, 1.807) is 55.5 Å². The summed E-state index contributed by atoms with van der Waals surface area (Å²) in [7, 11) is 5.84. The number of carbonyl (C=O) groups is 3. The van der Waals surface area contributed by atoms with E-state index in [0.29, 0.717) is 34.1 Å². The van der Waals surface area contributed by atoms with Crippen LogP contribution in [-0.4, -0.2) is 51.9 Å². The lowest BCUT2D eigenvalue weighted by molar-refractivity contribution is -0.136. The molecule has 0 saturated heterocycles. The molecule has 0 saturated carbocycles. The molecule has 0 aliphatic carbocycles. The summed E-state index contributed by atoms with van der Waals surface area (Å²) in [5, 5.41) is 6.45. The Hall–Kier alpha value is -5.06. The van der Waals surface area contributed by atoms with Crippen molar-refractivity contribution in [2.75, 3.05) is 33.8 Å². The van der Waals surface area contributed by atoms with Crippen LogP contribution in [0.2, 0.25) is 0 Å². The second-order valence-corrected chi connectivity index (χ2v) is 7.65. The van der Waals surface area contributed by atoms with Gasteiger partial charge < -0.3 is 29.0 Å². The Bertz CT molecular complexity index is 1370. The highest BCUT2D eigenvalue weighted by Gasteiger charge is 2.17. The highest BCUT2D eigenvalue weighted by atomic mass is 16.6. The lowest BCUT2D eigenvalue weighted by atomic mass is 10.1. The zero-order chi connectivity index (χ0) is 27.7. The second kappa shape index (κ2) is 12.8. The molecule has 0 atom stereocenters. The first-order chi connectivity index (χ1) is 18.3. The molecule has 0 aromatic heterocycles. The maximum atomic E-state index is 12.6. The summed E-state index contributed by atoms with van der Waals surface area (Å²) in [4.78, 5) is 37.3. The van der Waals surface area contributed by atoms with Crippen molar-refractivity contribution in [3.63, 3.8) is 0 Å². The van der Waals surface area contributed by atoms with Crippen molar-refractivity contribution in [3.05, 3.63) is 71.8 Å². The third-order valence-corrected chi connectivity index (χ3v) is 5.28. The van der Waals surface area contributed by atoms with Crippen LogP contribution in [0.5, 0.6) is 28.7 Å². The van der Waals surface area contributed by atoms with Crippen LogP contribution in [-0.2, 0) is 9.59 Å². The number of hydrogen-bond donors (Lipinski definition) is 2. The molecule has 0 aliphatic heterocycles. The Morgan fingerprint density at radius 2 is 1.37 bits per heavy atom. The summed E-state index contributed by atoms with van der Waals surface area (Å²) in [6.45, 7) is 1.62. The second-order valence-electron chi connectivity index (χ2n) is 7.65. The molecule has 11 nitrogen and oxygen atoms in total. The maximum Gasteiger partial charge on any atom is 0.343 e. The summed E-state index contributed by atoms with van der Waals surface area (Å²) in [5.74, 6) is -0.739. The molecule has 0 aliphatic rings. The minimum atomic E-state index is -0.995. The Morgan fingerprint density at radius 3 is 2.05 bits per heavy atom. The third kappa shape index (κ3) is 6.78. The molecule has 0 fully saturated rings. The standard InChI is InChI=1S/C27H27N3O8/c1-16(29-30-26(32)25(31)28-21-15-20(35-3)10-12-22(21)36-4)17-9-11-23(24(14-17)37-5)38-27(33)18-7-6-8-19(13-18)34-2/h6-15H,1-5H3,(H,28,31)(H,30,32). The van der Waals surface area contributed by atoms with Gasteiger partial charge >= 0.3 is 17.8 Å². The van der Waals surface area contributed by atoms with Gasteiger partial charge in [-0.15, -0.1) is 0 Å². The summed E-state index contributed by atoms with van der Waals surface area (Å²) in [6, 6.07) is 16.1. The zero-order valence-electron chi connectivity index (χ0n) is 21.5. The van der Waals surface area contributed by atoms with E-state index in [9.17, 15) is 14.4 Å². The van der Waals surface area contributed by atoms with E-state index in [-0.39, 0.29) is 17.2 Å². The number of benzene rings is 3. The first-order valence-corrected chi connectivity index (χ1v) is 11.2. The minimum Gasteiger partial charge on any atom is -0.497 e. The molecule has 0 spiro atoms. The molecule has 2 N–H and O–H groups in total. The van der Waals surface area contributed by atoms with Gasteiger partial charge in [-0.25, -0.2) is 10.2 Å². The summed E-state index contributed by atoms with van der Waals surface area (Å²) in [5.41, 5.74) is 3.70. The maximum absolute atomic E-state index is 12.6. The fourth-order valence-corrected chi connectivity index (χ4v) is 3.23. The van der Waals surface area contributed by atoms with Crippen molar-refractivity contribution in [1.82, 2.24) is 5.43 Å².